The highest BCUT2D eigenvalue weighted by molar-refractivity contribution is 5.81. The van der Waals surface area contributed by atoms with Gasteiger partial charge in [0.25, 0.3) is 0 Å². The van der Waals surface area contributed by atoms with E-state index in [9.17, 15) is 20.8 Å². The summed E-state index contributed by atoms with van der Waals surface area (Å²) in [4.78, 5) is 19.1. The molecule has 16 nitrogen and oxygen atoms in total. The van der Waals surface area contributed by atoms with E-state index in [0.29, 0.717) is 48.7 Å². The quantitative estimate of drug-likeness (QED) is 0.0742. The second-order valence-electron chi connectivity index (χ2n) is 34.1. The summed E-state index contributed by atoms with van der Waals surface area (Å²) in [5.74, 6) is 2.33. The Balaban J connectivity index is 1.20. The van der Waals surface area contributed by atoms with Gasteiger partial charge in [-0.25, -0.2) is 0 Å². The van der Waals surface area contributed by atoms with Crippen molar-refractivity contribution in [3.63, 3.8) is 0 Å². The van der Waals surface area contributed by atoms with Crippen molar-refractivity contribution in [1.82, 2.24) is 30.1 Å². The van der Waals surface area contributed by atoms with Crippen LogP contribution in [0.1, 0.15) is 227 Å². The monoisotopic (exact) mass is 1350 g/mol. The predicted molar refractivity (Wildman–Crippen MR) is 394 cm³/mol. The van der Waals surface area contributed by atoms with Crippen LogP contribution < -0.4 is 18.9 Å². The number of rotatable bonds is 14. The maximum atomic E-state index is 14.5. The maximum Gasteiger partial charge on any atom is 0.322 e. The van der Waals surface area contributed by atoms with Gasteiger partial charge in [0.05, 0.1) is 22.8 Å². The molecule has 3 aliphatic rings. The Hall–Kier alpha value is -8.86. The van der Waals surface area contributed by atoms with Gasteiger partial charge in [-0.05, 0) is 193 Å². The Kier molecular flexibility index (Phi) is 19.0. The molecule has 100 heavy (non-hydrogen) atoms. The zero-order valence-electron chi connectivity index (χ0n) is 63.0. The van der Waals surface area contributed by atoms with Gasteiger partial charge >= 0.3 is 11.7 Å². The maximum absolute atomic E-state index is 14.5. The third-order valence-corrected chi connectivity index (χ3v) is 21.4. The third kappa shape index (κ3) is 14.2. The average Bonchev–Trinajstić information content (AvgIpc) is 1.54. The molecule has 2 aliphatic heterocycles. The fourth-order valence-corrected chi connectivity index (χ4v) is 13.2. The molecule has 4 aromatic carbocycles. The number of hydrogen-bond donors (Lipinski definition) is 0. The Morgan fingerprint density at radius 2 is 0.600 bits per heavy atom. The first-order valence-corrected chi connectivity index (χ1v) is 35.1. The van der Waals surface area contributed by atoms with E-state index in [2.05, 4.69) is 142 Å². The molecule has 11 rings (SSSR count). The van der Waals surface area contributed by atoms with E-state index >= 15 is 0 Å². The Bertz CT molecular complexity index is 4080. The summed E-state index contributed by atoms with van der Waals surface area (Å²) in [6.45, 7) is 44.6. The molecule has 8 bridgehead atoms. The molecule has 0 atom stereocenters. The number of amidine groups is 2. The Morgan fingerprint density at radius 1 is 0.370 bits per heavy atom. The number of hydrogen-bond acceptors (Lipinski definition) is 12. The number of pyridine rings is 4. The fourth-order valence-electron chi connectivity index (χ4n) is 13.2. The minimum atomic E-state index is -1.08. The van der Waals surface area contributed by atoms with E-state index in [1.807, 2.05) is 87.2 Å². The highest BCUT2D eigenvalue weighted by Gasteiger charge is 2.61. The van der Waals surface area contributed by atoms with E-state index < -0.39 is 22.2 Å². The van der Waals surface area contributed by atoms with Gasteiger partial charge in [-0.2, -0.15) is 0 Å². The van der Waals surface area contributed by atoms with Gasteiger partial charge < -0.3 is 29.4 Å². The molecular weight excluding hydrogens is 1250 g/mol. The van der Waals surface area contributed by atoms with Crippen molar-refractivity contribution >= 4 is 11.7 Å². The second-order valence-corrected chi connectivity index (χ2v) is 34.1. The summed E-state index contributed by atoms with van der Waals surface area (Å²) in [5, 5.41) is 59.8. The molecule has 0 spiro atoms. The van der Waals surface area contributed by atoms with Gasteiger partial charge in [-0.3, -0.25) is 29.4 Å². The largest absolute Gasteiger partial charge is 0.715 e. The molecule has 0 N–H and O–H groups in total. The van der Waals surface area contributed by atoms with Crippen LogP contribution in [0.25, 0.3) is 22.8 Å². The number of nitrogens with zero attached hydrogens (tertiary/aromatic N) is 8. The van der Waals surface area contributed by atoms with Crippen molar-refractivity contribution in [2.45, 2.75) is 235 Å². The lowest BCUT2D eigenvalue weighted by molar-refractivity contribution is -0.541. The van der Waals surface area contributed by atoms with Crippen molar-refractivity contribution in [3.8, 4) is 45.8 Å². The molecule has 2 radical (unpaired) electrons. The zero-order chi connectivity index (χ0) is 72.8. The van der Waals surface area contributed by atoms with Crippen LogP contribution in [0.15, 0.2) is 122 Å². The fraction of sp³-hybridized carbons (Fsp3) is 0.452. The second kappa shape index (κ2) is 26.3. The molecule has 0 saturated heterocycles. The van der Waals surface area contributed by atoms with E-state index in [1.165, 1.54) is 0 Å². The first-order valence-electron chi connectivity index (χ1n) is 35.1. The summed E-state index contributed by atoms with van der Waals surface area (Å²) in [6.07, 6.45) is 8.53. The minimum Gasteiger partial charge on any atom is -0.715 e. The minimum absolute atomic E-state index is 0.0231. The molecule has 1 aliphatic carbocycles. The number of aromatic nitrogens is 4. The SMILES string of the molecule is Cc1ccc(-c2ccc(COc3c4cc(C(C)(C)C)cc3Cc3cc(C(C)(C)C)cc(c3OCC3=[N+]([O-])C(C)(C)C(C)(C)N3[O])Cc3cc(C(C)(C)C)cc(c3OCc3ccc(-c5ccc(C)cn5)nc3)Cc3cc(C(C)(C)C)cc(c3OCC3=[N+]([O-])C(C)(C)C(C)(C)N3[O])C4)cn2)nc1. The van der Waals surface area contributed by atoms with Gasteiger partial charge in [0.15, 0.2) is 24.3 Å². The van der Waals surface area contributed by atoms with Gasteiger partial charge in [0.2, 0.25) is 0 Å². The molecule has 16 heteroatoms. The van der Waals surface area contributed by atoms with E-state index in [1.54, 1.807) is 55.4 Å². The van der Waals surface area contributed by atoms with E-state index in [4.69, 9.17) is 28.9 Å². The van der Waals surface area contributed by atoms with Crippen LogP contribution in [0.3, 0.4) is 0 Å². The van der Waals surface area contributed by atoms with Crippen molar-refractivity contribution < 1.29 is 38.8 Å². The molecule has 0 saturated carbocycles. The van der Waals surface area contributed by atoms with Gasteiger partial charge in [-0.1, -0.05) is 166 Å². The molecular formula is C84H102N8O8. The molecule has 8 aromatic rings. The summed E-state index contributed by atoms with van der Waals surface area (Å²) in [6, 6.07) is 33.9. The molecule has 0 unspecified atom stereocenters. The van der Waals surface area contributed by atoms with E-state index in [0.717, 1.165) is 131 Å². The Labute approximate surface area is 592 Å². The molecule has 0 amide bonds. The van der Waals surface area contributed by atoms with Crippen molar-refractivity contribution in [2.24, 2.45) is 0 Å². The highest BCUT2D eigenvalue weighted by atomic mass is 16.6. The number of ether oxygens (including phenoxy) is 4. The van der Waals surface area contributed by atoms with Crippen LogP contribution in [0.2, 0.25) is 0 Å². The number of benzene rings is 4. The summed E-state index contributed by atoms with van der Waals surface area (Å²) >= 11 is 0. The van der Waals surface area contributed by atoms with Crippen molar-refractivity contribution in [3.05, 3.63) is 221 Å². The van der Waals surface area contributed by atoms with Crippen LogP contribution in [0.4, 0.5) is 0 Å². The topological polar surface area (TPSA) is 187 Å². The zero-order valence-corrected chi connectivity index (χ0v) is 63.0. The van der Waals surface area contributed by atoms with Crippen molar-refractivity contribution in [2.75, 3.05) is 13.2 Å². The first-order chi connectivity index (χ1) is 46.5. The van der Waals surface area contributed by atoms with Crippen LogP contribution >= 0.6 is 0 Å². The van der Waals surface area contributed by atoms with Crippen LogP contribution in [-0.2, 0) is 71.0 Å². The van der Waals surface area contributed by atoms with Crippen molar-refractivity contribution in [1.29, 1.82) is 0 Å². The Morgan fingerprint density at radius 3 is 0.790 bits per heavy atom. The molecule has 6 heterocycles. The van der Waals surface area contributed by atoms with Crippen LogP contribution in [0.5, 0.6) is 23.0 Å². The average molecular weight is 1350 g/mol. The van der Waals surface area contributed by atoms with Gasteiger partial charge in [-0.15, -0.1) is 0 Å². The lowest BCUT2D eigenvalue weighted by Gasteiger charge is -2.32. The predicted octanol–water partition coefficient (Wildman–Crippen LogP) is 17.3. The van der Waals surface area contributed by atoms with Gasteiger partial charge in [0.1, 0.15) is 47.3 Å². The summed E-state index contributed by atoms with van der Waals surface area (Å²) < 4.78 is 31.0. The first kappa shape index (κ1) is 72.4. The van der Waals surface area contributed by atoms with E-state index in [-0.39, 0.29) is 59.8 Å². The standard InChI is InChI=1S/C84H102N8O8/c1-51-23-27-67(85-43-51)69-29-25-53(45-87-69)47-97-73-55-31-59-39-65(79(9,10)11)41-61(75(59)99-49-71-89(93)81(15,16)82(17,18)90(71)94)33-57-37-64(78(6,7)8)38-58(74(57)98-48-54-26-30-70(88-46-54)68-28-24-52(2)44-86-68)34-62-42-66(80(12,13)14)40-60(32-56(73)36-63(35-55)77(3,4)5)76(62)100-50-72-91(95)83(19,20)84(21,22)92(72)96/h23-30,35-46H,31-34,47-50H2,1-22H3. The summed E-state index contributed by atoms with van der Waals surface area (Å²) in [5.41, 5.74) is 11.9. The van der Waals surface area contributed by atoms with Crippen LogP contribution in [-0.4, -0.2) is 86.6 Å². The number of hydroxylamine groups is 6. The third-order valence-electron chi connectivity index (χ3n) is 21.4. The molecule has 0 fully saturated rings. The molecule has 526 valence electrons. The lowest BCUT2D eigenvalue weighted by atomic mass is 9.79. The summed E-state index contributed by atoms with van der Waals surface area (Å²) in [7, 11) is 0. The normalized spacial score (nSPS) is 16.7. The lowest BCUT2D eigenvalue weighted by Crippen LogP contribution is -2.53. The number of aryl methyl sites for hydroxylation is 2. The van der Waals surface area contributed by atoms with Crippen LogP contribution in [0, 0.1) is 24.3 Å². The highest BCUT2D eigenvalue weighted by Crippen LogP contribution is 2.47. The smallest absolute Gasteiger partial charge is 0.322 e. The molecule has 4 aromatic heterocycles. The van der Waals surface area contributed by atoms with Gasteiger partial charge in [0, 0.05) is 72.0 Å². The number of fused-ring (bicyclic) bond motifs is 8.